The van der Waals surface area contributed by atoms with E-state index >= 15 is 0 Å². The molecule has 0 spiro atoms. The molecule has 0 saturated heterocycles. The molecule has 0 amide bonds. The summed E-state index contributed by atoms with van der Waals surface area (Å²) in [5.41, 5.74) is 5.44. The van der Waals surface area contributed by atoms with Crippen LogP contribution in [-0.4, -0.2) is 33.9 Å². The van der Waals surface area contributed by atoms with Gasteiger partial charge in [0.2, 0.25) is 0 Å². The molecule has 0 aliphatic carbocycles. The van der Waals surface area contributed by atoms with E-state index in [0.29, 0.717) is 0 Å². The monoisotopic (exact) mass is 282 g/mol. The maximum absolute atomic E-state index is 5.48. The van der Waals surface area contributed by atoms with E-state index in [2.05, 4.69) is 10.5 Å². The Labute approximate surface area is 111 Å². The molecule has 0 bridgehead atoms. The molecule has 17 heavy (non-hydrogen) atoms. The van der Waals surface area contributed by atoms with Crippen molar-refractivity contribution in [2.24, 2.45) is 5.73 Å². The van der Waals surface area contributed by atoms with E-state index in [4.69, 9.17) is 12.4 Å². The minimum atomic E-state index is -2.33. The Balaban J connectivity index is 3.23. The van der Waals surface area contributed by atoms with Gasteiger partial charge in [-0.3, -0.25) is 0 Å². The third-order valence-electron chi connectivity index (χ3n) is 3.16. The Morgan fingerprint density at radius 1 is 0.941 bits per heavy atom. The summed E-state index contributed by atoms with van der Waals surface area (Å²) in [7, 11) is 3.54. The number of hydrogen-bond donors (Lipinski definition) is 2. The number of nitrogens with two attached hydrogens (primary N) is 1. The van der Waals surface area contributed by atoms with Crippen molar-refractivity contribution in [2.75, 3.05) is 33.9 Å². The Morgan fingerprint density at radius 2 is 1.53 bits per heavy atom. The van der Waals surface area contributed by atoms with Crippen LogP contribution in [0.25, 0.3) is 0 Å². The molecule has 0 unspecified atom stereocenters. The average Bonchev–Trinajstić information content (AvgIpc) is 2.36. The van der Waals surface area contributed by atoms with Gasteiger partial charge in [0.1, 0.15) is 0 Å². The molecule has 0 atom stereocenters. The van der Waals surface area contributed by atoms with Gasteiger partial charge in [0, 0.05) is 0 Å². The van der Waals surface area contributed by atoms with E-state index < -0.39 is 17.4 Å². The fourth-order valence-corrected chi connectivity index (χ4v) is 3.87. The molecule has 0 heterocycles. The number of rotatable bonds is 12. The molecular formula is C12H30N2O2Ti. The predicted octanol–water partition coefficient (Wildman–Crippen LogP) is 2.23. The summed E-state index contributed by atoms with van der Waals surface area (Å²) in [6.45, 7) is 3.02. The SMILES string of the molecule is C[O][Ti]([CH3])([CH2]CCNCCCCCCN)[O]C. The van der Waals surface area contributed by atoms with E-state index in [1.54, 1.807) is 14.2 Å². The fourth-order valence-electron chi connectivity index (χ4n) is 1.69. The van der Waals surface area contributed by atoms with Gasteiger partial charge in [0.15, 0.2) is 0 Å². The summed E-state index contributed by atoms with van der Waals surface area (Å²) in [4.78, 5) is 0. The fraction of sp³-hybridized carbons (Fsp3) is 1.00. The first kappa shape index (κ1) is 17.6. The van der Waals surface area contributed by atoms with Crippen molar-refractivity contribution >= 4 is 0 Å². The van der Waals surface area contributed by atoms with E-state index in [-0.39, 0.29) is 0 Å². The van der Waals surface area contributed by atoms with Crippen LogP contribution < -0.4 is 11.1 Å². The van der Waals surface area contributed by atoms with Gasteiger partial charge >= 0.3 is 111 Å². The second kappa shape index (κ2) is 11.6. The zero-order valence-corrected chi connectivity index (χ0v) is 13.3. The van der Waals surface area contributed by atoms with Crippen LogP contribution in [0.5, 0.6) is 0 Å². The topological polar surface area (TPSA) is 56.5 Å². The van der Waals surface area contributed by atoms with Crippen molar-refractivity contribution < 1.29 is 24.0 Å². The first-order valence-electron chi connectivity index (χ1n) is 6.69. The Morgan fingerprint density at radius 3 is 2.12 bits per heavy atom. The van der Waals surface area contributed by atoms with Gasteiger partial charge in [-0.25, -0.2) is 0 Å². The van der Waals surface area contributed by atoms with Crippen LogP contribution in [-0.2, 0) is 24.0 Å². The molecule has 104 valence electrons. The quantitative estimate of drug-likeness (QED) is 0.426. The molecule has 0 rings (SSSR count). The molecular weight excluding hydrogens is 252 g/mol. The van der Waals surface area contributed by atoms with Crippen LogP contribution in [0.2, 0.25) is 9.95 Å². The summed E-state index contributed by atoms with van der Waals surface area (Å²) in [6.07, 6.45) is 6.12. The van der Waals surface area contributed by atoms with Crippen LogP contribution in [0.4, 0.5) is 0 Å². The summed E-state index contributed by atoms with van der Waals surface area (Å²) >= 11 is -2.33. The maximum atomic E-state index is 5.48. The molecule has 0 fully saturated rings. The van der Waals surface area contributed by atoms with Gasteiger partial charge in [0.05, 0.1) is 0 Å². The van der Waals surface area contributed by atoms with Crippen LogP contribution in [0.1, 0.15) is 32.1 Å². The molecule has 0 aromatic rings. The molecule has 0 aromatic heterocycles. The van der Waals surface area contributed by atoms with E-state index in [1.807, 2.05) is 0 Å². The molecule has 0 radical (unpaired) electrons. The van der Waals surface area contributed by atoms with Gasteiger partial charge in [-0.15, -0.1) is 0 Å². The van der Waals surface area contributed by atoms with Gasteiger partial charge in [-0.05, 0) is 0 Å². The average molecular weight is 282 g/mol. The summed E-state index contributed by atoms with van der Waals surface area (Å²) in [5, 5.41) is 5.63. The van der Waals surface area contributed by atoms with Crippen molar-refractivity contribution in [3.05, 3.63) is 0 Å². The second-order valence-electron chi connectivity index (χ2n) is 4.60. The Hall–Kier alpha value is 0.554. The number of nitrogens with one attached hydrogen (secondary N) is 1. The third kappa shape index (κ3) is 10.2. The zero-order valence-electron chi connectivity index (χ0n) is 11.8. The van der Waals surface area contributed by atoms with Gasteiger partial charge < -0.3 is 0 Å². The predicted molar refractivity (Wildman–Crippen MR) is 69.7 cm³/mol. The van der Waals surface area contributed by atoms with Crippen molar-refractivity contribution in [3.63, 3.8) is 0 Å². The molecule has 4 nitrogen and oxygen atoms in total. The van der Waals surface area contributed by atoms with Crippen molar-refractivity contribution in [3.8, 4) is 0 Å². The van der Waals surface area contributed by atoms with Gasteiger partial charge in [0.25, 0.3) is 0 Å². The second-order valence-corrected chi connectivity index (χ2v) is 10.2. The van der Waals surface area contributed by atoms with E-state index in [1.165, 1.54) is 19.3 Å². The standard InChI is InChI=1S/C9H21N2.2CH3O.CH3.Ti/c1-2-8-11-9-6-4-3-5-7-10;2*1-2;;/h11H,1-10H2;2*1H3;1H3;/q;2*-1;;+2. The molecule has 0 aliphatic rings. The van der Waals surface area contributed by atoms with Gasteiger partial charge in [-0.1, -0.05) is 0 Å². The van der Waals surface area contributed by atoms with Crippen LogP contribution >= 0.6 is 0 Å². The molecule has 0 saturated carbocycles. The van der Waals surface area contributed by atoms with Crippen LogP contribution in [0.15, 0.2) is 0 Å². The first-order valence-corrected chi connectivity index (χ1v) is 10.6. The molecule has 3 N–H and O–H groups in total. The van der Waals surface area contributed by atoms with Crippen molar-refractivity contribution in [1.29, 1.82) is 0 Å². The Kier molecular flexibility index (Phi) is 12.0. The van der Waals surface area contributed by atoms with Gasteiger partial charge in [-0.2, -0.15) is 0 Å². The zero-order chi connectivity index (χ0) is 13.0. The van der Waals surface area contributed by atoms with E-state index in [9.17, 15) is 0 Å². The Bertz CT molecular complexity index is 167. The summed E-state index contributed by atoms with van der Waals surface area (Å²) in [6, 6.07) is 0. The minimum absolute atomic E-state index is 0.826. The van der Waals surface area contributed by atoms with Crippen LogP contribution in [0.3, 0.4) is 0 Å². The number of hydrogen-bond acceptors (Lipinski definition) is 4. The molecule has 0 aromatic carbocycles. The number of unbranched alkanes of at least 4 members (excludes halogenated alkanes) is 3. The summed E-state index contributed by atoms with van der Waals surface area (Å²) < 4.78 is 12.1. The van der Waals surface area contributed by atoms with E-state index in [0.717, 1.165) is 37.2 Å². The normalized spacial score (nSPS) is 12.0. The molecule has 0 aliphatic heterocycles. The first-order chi connectivity index (χ1) is 8.18. The van der Waals surface area contributed by atoms with Crippen molar-refractivity contribution in [2.45, 2.75) is 42.1 Å². The summed E-state index contributed by atoms with van der Waals surface area (Å²) in [5.74, 6) is 0. The van der Waals surface area contributed by atoms with Crippen molar-refractivity contribution in [1.82, 2.24) is 5.32 Å². The third-order valence-corrected chi connectivity index (χ3v) is 7.82. The van der Waals surface area contributed by atoms with Crippen LogP contribution in [0, 0.1) is 0 Å². The molecule has 5 heteroatoms.